The molecule has 3 nitrogen and oxygen atoms in total. The van der Waals surface area contributed by atoms with Gasteiger partial charge in [-0.05, 0) is 44.1 Å². The number of allylic oxidation sites excluding steroid dienone is 3. The Labute approximate surface area is 136 Å². The first-order valence-electron chi connectivity index (χ1n) is 8.27. The molecule has 2 rings (SSSR count). The molecule has 0 radical (unpaired) electrons. The van der Waals surface area contributed by atoms with E-state index in [0.29, 0.717) is 17.6 Å². The minimum atomic E-state index is -1.25. The molecule has 0 fully saturated rings. The van der Waals surface area contributed by atoms with Crippen LogP contribution in [0.5, 0.6) is 0 Å². The summed E-state index contributed by atoms with van der Waals surface area (Å²) in [5.41, 5.74) is 1.16. The van der Waals surface area contributed by atoms with E-state index >= 15 is 0 Å². The summed E-state index contributed by atoms with van der Waals surface area (Å²) in [7, 11) is 1.34. The van der Waals surface area contributed by atoms with E-state index in [1.165, 1.54) is 7.11 Å². The maximum Gasteiger partial charge on any atom is 0.336 e. The van der Waals surface area contributed by atoms with Crippen LogP contribution >= 0.6 is 0 Å². The number of methoxy groups -OCH3 is 1. The minimum Gasteiger partial charge on any atom is -0.466 e. The Kier molecular flexibility index (Phi) is 5.95. The summed E-state index contributed by atoms with van der Waals surface area (Å²) >= 11 is 0. The van der Waals surface area contributed by atoms with Crippen LogP contribution in [-0.2, 0) is 14.3 Å². The summed E-state index contributed by atoms with van der Waals surface area (Å²) in [5.74, 6) is -0.495. The van der Waals surface area contributed by atoms with Gasteiger partial charge in [-0.2, -0.15) is 0 Å². The molecule has 0 aromatic rings. The van der Waals surface area contributed by atoms with Crippen molar-refractivity contribution in [3.8, 4) is 0 Å². The summed E-state index contributed by atoms with van der Waals surface area (Å²) < 4.78 is 38.4. The lowest BCUT2D eigenvalue weighted by Crippen LogP contribution is -2.36. The Morgan fingerprint density at radius 1 is 1.30 bits per heavy atom. The van der Waals surface area contributed by atoms with Crippen molar-refractivity contribution in [1.82, 2.24) is 0 Å². The van der Waals surface area contributed by atoms with E-state index in [2.05, 4.69) is 0 Å². The molecule has 0 aliphatic heterocycles. The van der Waals surface area contributed by atoms with E-state index in [1.807, 2.05) is 26.8 Å². The van der Waals surface area contributed by atoms with Gasteiger partial charge in [-0.25, -0.2) is 13.6 Å². The highest BCUT2D eigenvalue weighted by Crippen LogP contribution is 2.41. The van der Waals surface area contributed by atoms with Gasteiger partial charge in [0.2, 0.25) is 0 Å². The van der Waals surface area contributed by atoms with Crippen LogP contribution in [0.25, 0.3) is 0 Å². The van der Waals surface area contributed by atoms with Gasteiger partial charge < -0.3 is 9.47 Å². The maximum atomic E-state index is 14.3. The standard InChI is InChI=1S/C18H26F2O3/c1-10(2)23-17-9-14(11(3)7-15(17)18(21)22-4)13-6-5-12(19)8-16(13)20/h6-7,10-12,14,16-17H,5,8-9H2,1-4H3/t11-,12-,14?,16-,17-/m0/s1. The predicted octanol–water partition coefficient (Wildman–Crippen LogP) is 3.93. The smallest absolute Gasteiger partial charge is 0.336 e. The second-order valence-corrected chi connectivity index (χ2v) is 6.73. The van der Waals surface area contributed by atoms with E-state index in [4.69, 9.17) is 9.47 Å². The average Bonchev–Trinajstić information content (AvgIpc) is 2.48. The minimum absolute atomic E-state index is 0.0169. The fourth-order valence-electron chi connectivity index (χ4n) is 3.53. The van der Waals surface area contributed by atoms with E-state index in [1.54, 1.807) is 6.08 Å². The van der Waals surface area contributed by atoms with Gasteiger partial charge in [-0.3, -0.25) is 0 Å². The zero-order chi connectivity index (χ0) is 17.1. The molecular formula is C18H26F2O3. The zero-order valence-electron chi connectivity index (χ0n) is 14.2. The molecule has 0 saturated heterocycles. The highest BCUT2D eigenvalue weighted by atomic mass is 19.1. The van der Waals surface area contributed by atoms with Crippen molar-refractivity contribution >= 4 is 5.97 Å². The SMILES string of the molecule is COC(=O)C1=C[C@H](C)C(C2=CC[C@H](F)C[C@@H]2F)C[C@@H]1OC(C)C. The van der Waals surface area contributed by atoms with Gasteiger partial charge in [-0.15, -0.1) is 0 Å². The number of alkyl halides is 2. The molecule has 0 N–H and O–H groups in total. The van der Waals surface area contributed by atoms with E-state index in [-0.39, 0.29) is 30.8 Å². The van der Waals surface area contributed by atoms with Crippen LogP contribution in [0.4, 0.5) is 8.78 Å². The molecule has 0 aromatic heterocycles. The van der Waals surface area contributed by atoms with Crippen molar-refractivity contribution < 1.29 is 23.0 Å². The van der Waals surface area contributed by atoms with Crippen molar-refractivity contribution in [2.45, 2.75) is 64.6 Å². The second-order valence-electron chi connectivity index (χ2n) is 6.73. The molecule has 2 aliphatic carbocycles. The molecule has 23 heavy (non-hydrogen) atoms. The van der Waals surface area contributed by atoms with Gasteiger partial charge in [0.1, 0.15) is 12.3 Å². The quantitative estimate of drug-likeness (QED) is 0.579. The molecule has 0 aromatic carbocycles. The van der Waals surface area contributed by atoms with Gasteiger partial charge in [0.25, 0.3) is 0 Å². The second kappa shape index (κ2) is 7.56. The maximum absolute atomic E-state index is 14.3. The molecule has 1 unspecified atom stereocenters. The first-order valence-corrected chi connectivity index (χ1v) is 8.27. The summed E-state index contributed by atoms with van der Waals surface area (Å²) in [6.07, 6.45) is 1.41. The Morgan fingerprint density at radius 3 is 2.57 bits per heavy atom. The number of rotatable bonds is 4. The molecular weight excluding hydrogens is 302 g/mol. The predicted molar refractivity (Wildman–Crippen MR) is 84.5 cm³/mol. The van der Waals surface area contributed by atoms with Crippen molar-refractivity contribution in [2.75, 3.05) is 7.11 Å². The molecule has 5 heteroatoms. The number of halogens is 2. The lowest BCUT2D eigenvalue weighted by molar-refractivity contribution is -0.138. The van der Waals surface area contributed by atoms with Crippen molar-refractivity contribution in [1.29, 1.82) is 0 Å². The molecule has 0 amide bonds. The Bertz CT molecular complexity index is 498. The highest BCUT2D eigenvalue weighted by molar-refractivity contribution is 5.89. The summed E-state index contributed by atoms with van der Waals surface area (Å²) in [6, 6.07) is 0. The van der Waals surface area contributed by atoms with E-state index in [0.717, 1.165) is 0 Å². The lowest BCUT2D eigenvalue weighted by Gasteiger charge is -2.37. The molecule has 0 heterocycles. The number of esters is 1. The van der Waals surface area contributed by atoms with Gasteiger partial charge >= 0.3 is 5.97 Å². The third kappa shape index (κ3) is 4.19. The first kappa shape index (κ1) is 18.1. The van der Waals surface area contributed by atoms with Crippen molar-refractivity contribution in [3.05, 3.63) is 23.3 Å². The van der Waals surface area contributed by atoms with Gasteiger partial charge in [0.05, 0.1) is 24.9 Å². The summed E-state index contributed by atoms with van der Waals surface area (Å²) in [4.78, 5) is 12.0. The number of carbonyl (C=O) groups excluding carboxylic acids is 1. The normalized spacial score (nSPS) is 34.8. The fraction of sp³-hybridized carbons (Fsp3) is 0.722. The lowest BCUT2D eigenvalue weighted by atomic mass is 9.72. The molecule has 0 bridgehead atoms. The average molecular weight is 328 g/mol. The Morgan fingerprint density at radius 2 is 2.00 bits per heavy atom. The fourth-order valence-corrected chi connectivity index (χ4v) is 3.53. The van der Waals surface area contributed by atoms with Crippen LogP contribution in [0.1, 0.15) is 40.0 Å². The van der Waals surface area contributed by atoms with Crippen LogP contribution in [0, 0.1) is 11.8 Å². The molecule has 130 valence electrons. The van der Waals surface area contributed by atoms with Crippen molar-refractivity contribution in [3.63, 3.8) is 0 Å². The molecule has 2 aliphatic rings. The van der Waals surface area contributed by atoms with Crippen LogP contribution in [0.2, 0.25) is 0 Å². The van der Waals surface area contributed by atoms with Crippen LogP contribution in [0.15, 0.2) is 23.3 Å². The van der Waals surface area contributed by atoms with Crippen LogP contribution < -0.4 is 0 Å². The highest BCUT2D eigenvalue weighted by Gasteiger charge is 2.38. The monoisotopic (exact) mass is 328 g/mol. The first-order chi connectivity index (χ1) is 10.8. The topological polar surface area (TPSA) is 35.5 Å². The Hall–Kier alpha value is -1.23. The van der Waals surface area contributed by atoms with Gasteiger partial charge in [-0.1, -0.05) is 19.1 Å². The zero-order valence-corrected chi connectivity index (χ0v) is 14.2. The molecule has 0 spiro atoms. The van der Waals surface area contributed by atoms with Crippen LogP contribution in [0.3, 0.4) is 0 Å². The third-order valence-corrected chi connectivity index (χ3v) is 4.61. The summed E-state index contributed by atoms with van der Waals surface area (Å²) in [5, 5.41) is 0. The number of carbonyl (C=O) groups is 1. The number of hydrogen-bond donors (Lipinski definition) is 0. The largest absolute Gasteiger partial charge is 0.466 e. The van der Waals surface area contributed by atoms with E-state index < -0.39 is 24.4 Å². The summed E-state index contributed by atoms with van der Waals surface area (Å²) in [6.45, 7) is 5.75. The van der Waals surface area contributed by atoms with Gasteiger partial charge in [0, 0.05) is 6.42 Å². The van der Waals surface area contributed by atoms with E-state index in [9.17, 15) is 13.6 Å². The number of ether oxygens (including phenoxy) is 2. The Balaban J connectivity index is 2.27. The van der Waals surface area contributed by atoms with Crippen LogP contribution in [-0.4, -0.2) is 37.6 Å². The molecule has 5 atom stereocenters. The molecule has 0 saturated carbocycles. The van der Waals surface area contributed by atoms with Crippen molar-refractivity contribution in [2.24, 2.45) is 11.8 Å². The third-order valence-electron chi connectivity index (χ3n) is 4.61. The number of hydrogen-bond acceptors (Lipinski definition) is 3. The van der Waals surface area contributed by atoms with Gasteiger partial charge in [0.15, 0.2) is 0 Å².